The van der Waals surface area contributed by atoms with E-state index in [1.807, 2.05) is 26.8 Å². The zero-order valence-electron chi connectivity index (χ0n) is 19.6. The van der Waals surface area contributed by atoms with Gasteiger partial charge in [0.15, 0.2) is 9.96 Å². The van der Waals surface area contributed by atoms with Crippen molar-refractivity contribution < 1.29 is 17.9 Å². The predicted molar refractivity (Wildman–Crippen MR) is 135 cm³/mol. The molecule has 0 fully saturated rings. The van der Waals surface area contributed by atoms with Gasteiger partial charge in [0.1, 0.15) is 27.2 Å². The molecular weight excluding hydrogens is 502 g/mol. The standard InChI is InChI=1S/C22H28ClN3O6S2/c1-6-13(14-9-12(10-32-14)11(4)5)24-15-16(19(28)18(15)27)25-17-20(29)22(33-21(17)23)34(30,31)26(7-2)8-3/h9-11,13,24-25,29H,6-8H2,1-5H3/t13-/m1/s1. The van der Waals surface area contributed by atoms with Crippen molar-refractivity contribution >= 4 is 50.0 Å². The maximum atomic E-state index is 12.9. The minimum Gasteiger partial charge on any atom is -0.504 e. The Balaban J connectivity index is 1.93. The maximum absolute atomic E-state index is 12.9. The lowest BCUT2D eigenvalue weighted by Gasteiger charge is -2.20. The fourth-order valence-corrected chi connectivity index (χ4v) is 6.88. The van der Waals surface area contributed by atoms with Gasteiger partial charge in [0, 0.05) is 13.1 Å². The molecule has 0 unspecified atom stereocenters. The van der Waals surface area contributed by atoms with Crippen molar-refractivity contribution in [3.05, 3.63) is 48.4 Å². The lowest BCUT2D eigenvalue weighted by atomic mass is 10.0. The Morgan fingerprint density at radius 1 is 1.12 bits per heavy atom. The van der Waals surface area contributed by atoms with E-state index in [1.54, 1.807) is 20.1 Å². The smallest absolute Gasteiger partial charge is 0.256 e. The monoisotopic (exact) mass is 529 g/mol. The van der Waals surface area contributed by atoms with Crippen molar-refractivity contribution in [2.75, 3.05) is 23.7 Å². The quantitative estimate of drug-likeness (QED) is 0.303. The second kappa shape index (κ2) is 10.1. The van der Waals surface area contributed by atoms with Crippen LogP contribution < -0.4 is 21.5 Å². The topological polar surface area (TPSA) is 129 Å². The molecule has 0 spiro atoms. The molecule has 2 aromatic heterocycles. The van der Waals surface area contributed by atoms with Crippen LogP contribution in [0.5, 0.6) is 5.75 Å². The van der Waals surface area contributed by atoms with Crippen LogP contribution in [0.1, 0.15) is 64.3 Å². The summed E-state index contributed by atoms with van der Waals surface area (Å²) >= 11 is 6.90. The van der Waals surface area contributed by atoms with Gasteiger partial charge in [0.05, 0.1) is 12.3 Å². The minimum atomic E-state index is -3.98. The van der Waals surface area contributed by atoms with E-state index in [9.17, 15) is 23.1 Å². The number of thiophene rings is 1. The van der Waals surface area contributed by atoms with Gasteiger partial charge < -0.3 is 20.2 Å². The Labute approximate surface area is 207 Å². The summed E-state index contributed by atoms with van der Waals surface area (Å²) in [5, 5.41) is 16.4. The van der Waals surface area contributed by atoms with E-state index in [2.05, 4.69) is 10.6 Å². The molecule has 3 N–H and O–H groups in total. The van der Waals surface area contributed by atoms with Gasteiger partial charge in [-0.2, -0.15) is 4.31 Å². The van der Waals surface area contributed by atoms with Crippen LogP contribution in [-0.4, -0.2) is 30.9 Å². The van der Waals surface area contributed by atoms with Crippen LogP contribution in [0.25, 0.3) is 0 Å². The molecule has 186 valence electrons. The molecule has 0 aliphatic carbocycles. The van der Waals surface area contributed by atoms with Crippen LogP contribution in [0, 0.1) is 0 Å². The molecule has 0 bridgehead atoms. The molecule has 2 heterocycles. The number of hydrogen-bond acceptors (Lipinski definition) is 9. The first-order chi connectivity index (χ1) is 16.0. The molecule has 0 saturated heterocycles. The summed E-state index contributed by atoms with van der Waals surface area (Å²) < 4.78 is 32.2. The number of rotatable bonds is 11. The molecule has 0 amide bonds. The summed E-state index contributed by atoms with van der Waals surface area (Å²) in [4.78, 5) is 24.6. The lowest BCUT2D eigenvalue weighted by molar-refractivity contribution is 0.434. The van der Waals surface area contributed by atoms with Gasteiger partial charge in [-0.05, 0) is 24.0 Å². The molecule has 9 nitrogen and oxygen atoms in total. The van der Waals surface area contributed by atoms with Crippen LogP contribution in [-0.2, 0) is 10.0 Å². The van der Waals surface area contributed by atoms with Crippen LogP contribution >= 0.6 is 22.9 Å². The lowest BCUT2D eigenvalue weighted by Crippen LogP contribution is -2.37. The number of furan rings is 1. The Morgan fingerprint density at radius 3 is 2.26 bits per heavy atom. The maximum Gasteiger partial charge on any atom is 0.256 e. The van der Waals surface area contributed by atoms with Gasteiger partial charge in [-0.3, -0.25) is 9.59 Å². The Bertz CT molecular complexity index is 1350. The number of hydrogen-bond donors (Lipinski definition) is 3. The van der Waals surface area contributed by atoms with Crippen molar-refractivity contribution in [2.24, 2.45) is 0 Å². The van der Waals surface area contributed by atoms with Gasteiger partial charge >= 0.3 is 0 Å². The fourth-order valence-electron chi connectivity index (χ4n) is 3.52. The Hall–Kier alpha value is -2.34. The Kier molecular flexibility index (Phi) is 7.81. The van der Waals surface area contributed by atoms with Gasteiger partial charge in [0.2, 0.25) is 0 Å². The van der Waals surface area contributed by atoms with E-state index < -0.39 is 26.6 Å². The second-order valence-corrected chi connectivity index (χ2v) is 11.8. The van der Waals surface area contributed by atoms with Crippen LogP contribution in [0.15, 0.2) is 30.5 Å². The molecule has 34 heavy (non-hydrogen) atoms. The summed E-state index contributed by atoms with van der Waals surface area (Å²) in [6.07, 6.45) is 2.23. The first kappa shape index (κ1) is 26.3. The number of nitrogens with zero attached hydrogens (tertiary/aromatic N) is 1. The van der Waals surface area contributed by atoms with Crippen molar-refractivity contribution in [1.29, 1.82) is 0 Å². The molecule has 0 aliphatic rings. The van der Waals surface area contributed by atoms with E-state index in [-0.39, 0.29) is 50.7 Å². The highest BCUT2D eigenvalue weighted by molar-refractivity contribution is 7.91. The third kappa shape index (κ3) is 4.61. The van der Waals surface area contributed by atoms with Gasteiger partial charge in [-0.15, -0.1) is 11.3 Å². The van der Waals surface area contributed by atoms with E-state index in [1.165, 1.54) is 4.31 Å². The van der Waals surface area contributed by atoms with Crippen molar-refractivity contribution in [3.8, 4) is 5.75 Å². The molecule has 1 atom stereocenters. The SMILES string of the molecule is CC[C@@H](Nc1c(Nc2c(Cl)sc(S(=O)(=O)N(CC)CC)c2O)c(=O)c1=O)c1cc(C(C)C)co1. The van der Waals surface area contributed by atoms with Crippen LogP contribution in [0.4, 0.5) is 17.1 Å². The number of halogens is 1. The highest BCUT2D eigenvalue weighted by atomic mass is 35.5. The summed E-state index contributed by atoms with van der Waals surface area (Å²) in [5.74, 6) is 0.290. The average molecular weight is 530 g/mol. The third-order valence-electron chi connectivity index (χ3n) is 5.63. The fraction of sp³-hybridized carbons (Fsp3) is 0.455. The largest absolute Gasteiger partial charge is 0.504 e. The predicted octanol–water partition coefficient (Wildman–Crippen LogP) is 4.76. The molecule has 0 aliphatic heterocycles. The van der Waals surface area contributed by atoms with Crippen LogP contribution in [0.2, 0.25) is 4.34 Å². The molecular formula is C22H28ClN3O6S2. The number of anilines is 3. The molecule has 0 saturated carbocycles. The summed E-state index contributed by atoms with van der Waals surface area (Å²) in [5.41, 5.74) is -0.723. The second-order valence-electron chi connectivity index (χ2n) is 8.05. The number of nitrogens with one attached hydrogen (secondary N) is 2. The normalized spacial score (nSPS) is 13.2. The molecule has 3 rings (SSSR count). The van der Waals surface area contributed by atoms with E-state index >= 15 is 0 Å². The highest BCUT2D eigenvalue weighted by Crippen LogP contribution is 2.47. The number of aromatic hydroxyl groups is 1. The molecule has 3 aromatic rings. The average Bonchev–Trinajstić information content (AvgIpc) is 3.39. The van der Waals surface area contributed by atoms with E-state index in [4.69, 9.17) is 16.0 Å². The zero-order valence-corrected chi connectivity index (χ0v) is 21.9. The van der Waals surface area contributed by atoms with Gasteiger partial charge in [-0.1, -0.05) is 46.2 Å². The first-order valence-electron chi connectivity index (χ1n) is 10.9. The minimum absolute atomic E-state index is 0.0224. The van der Waals surface area contributed by atoms with E-state index in [0.29, 0.717) is 23.5 Å². The van der Waals surface area contributed by atoms with Crippen molar-refractivity contribution in [2.45, 2.75) is 57.2 Å². The third-order valence-corrected chi connectivity index (χ3v) is 9.55. The highest BCUT2D eigenvalue weighted by Gasteiger charge is 2.33. The van der Waals surface area contributed by atoms with Crippen LogP contribution in [0.3, 0.4) is 0 Å². The molecule has 12 heteroatoms. The summed E-state index contributed by atoms with van der Waals surface area (Å²) in [6.45, 7) is 9.77. The van der Waals surface area contributed by atoms with Gasteiger partial charge in [-0.25, -0.2) is 8.42 Å². The van der Waals surface area contributed by atoms with Crippen molar-refractivity contribution in [1.82, 2.24) is 4.31 Å². The zero-order chi connectivity index (χ0) is 25.4. The number of sulfonamides is 1. The van der Waals surface area contributed by atoms with Crippen molar-refractivity contribution in [3.63, 3.8) is 0 Å². The molecule has 1 aromatic carbocycles. The Morgan fingerprint density at radius 2 is 1.74 bits per heavy atom. The molecule has 0 radical (unpaired) electrons. The summed E-state index contributed by atoms with van der Waals surface area (Å²) in [7, 11) is -3.98. The summed E-state index contributed by atoms with van der Waals surface area (Å²) in [6, 6.07) is 1.53. The first-order valence-corrected chi connectivity index (χ1v) is 13.6. The van der Waals surface area contributed by atoms with Gasteiger partial charge in [0.25, 0.3) is 20.9 Å². The van der Waals surface area contributed by atoms with E-state index in [0.717, 1.165) is 5.56 Å².